The van der Waals surface area contributed by atoms with Gasteiger partial charge in [0, 0.05) is 31.2 Å². The number of hydrogen-bond acceptors (Lipinski definition) is 4. The van der Waals surface area contributed by atoms with Crippen molar-refractivity contribution >= 4 is 5.96 Å². The summed E-state index contributed by atoms with van der Waals surface area (Å²) in [7, 11) is 0. The van der Waals surface area contributed by atoms with Crippen molar-refractivity contribution < 1.29 is 23.4 Å². The fourth-order valence-corrected chi connectivity index (χ4v) is 2.78. The van der Waals surface area contributed by atoms with Crippen LogP contribution in [0.5, 0.6) is 5.75 Å². The van der Waals surface area contributed by atoms with Crippen LogP contribution in [-0.4, -0.2) is 57.1 Å². The summed E-state index contributed by atoms with van der Waals surface area (Å²) in [4.78, 5) is 4.59. The number of nitrogens with zero attached hydrogens (tertiary/aromatic N) is 1. The molecule has 1 aromatic rings. The second kappa shape index (κ2) is 10.3. The zero-order valence-electron chi connectivity index (χ0n) is 15.1. The lowest BCUT2D eigenvalue weighted by Crippen LogP contribution is -2.40. The first-order chi connectivity index (χ1) is 12.6. The number of ether oxygens (including phenoxy) is 2. The van der Waals surface area contributed by atoms with E-state index >= 15 is 0 Å². The lowest BCUT2D eigenvalue weighted by atomic mass is 9.84. The van der Waals surface area contributed by atoms with E-state index in [2.05, 4.69) is 15.6 Å². The molecular weight excluding hydrogens is 344 g/mol. The van der Waals surface area contributed by atoms with Gasteiger partial charge in [-0.05, 0) is 31.9 Å². The predicted octanol–water partition coefficient (Wildman–Crippen LogP) is 1.69. The maximum absolute atomic E-state index is 13.1. The molecule has 1 saturated heterocycles. The zero-order valence-corrected chi connectivity index (χ0v) is 15.1. The van der Waals surface area contributed by atoms with E-state index < -0.39 is 11.6 Å². The zero-order chi connectivity index (χ0) is 18.8. The highest BCUT2D eigenvalue weighted by Gasteiger charge is 2.34. The number of benzene rings is 1. The molecule has 146 valence electrons. The monoisotopic (exact) mass is 371 g/mol. The lowest BCUT2D eigenvalue weighted by molar-refractivity contribution is 0.131. The summed E-state index contributed by atoms with van der Waals surface area (Å²) in [6, 6.07) is 3.44. The summed E-state index contributed by atoms with van der Waals surface area (Å²) in [6.07, 6.45) is 1.55. The molecule has 8 heteroatoms. The maximum atomic E-state index is 13.1. The van der Waals surface area contributed by atoms with Gasteiger partial charge in [-0.1, -0.05) is 0 Å². The summed E-state index contributed by atoms with van der Waals surface area (Å²) in [5.74, 6) is -0.911. The van der Waals surface area contributed by atoms with E-state index in [0.717, 1.165) is 18.6 Å². The van der Waals surface area contributed by atoms with Crippen molar-refractivity contribution in [1.29, 1.82) is 0 Å². The van der Waals surface area contributed by atoms with Crippen molar-refractivity contribution in [3.05, 3.63) is 29.8 Å². The Morgan fingerprint density at radius 3 is 2.85 bits per heavy atom. The first-order valence-corrected chi connectivity index (χ1v) is 8.87. The summed E-state index contributed by atoms with van der Waals surface area (Å²) in [5, 5.41) is 15.6. The molecule has 2 rings (SSSR count). The molecule has 3 N–H and O–H groups in total. The molecule has 0 spiro atoms. The standard InChI is InChI=1S/C18H27F2N3O3/c1-2-21-17(23-12-18(5-8-24)6-9-25-13-18)22-7-10-26-14-3-4-15(19)16(20)11-14/h3-4,11,24H,2,5-10,12-13H2,1H3,(H2,21,22,23). The van der Waals surface area contributed by atoms with Crippen molar-refractivity contribution in [3.8, 4) is 5.75 Å². The van der Waals surface area contributed by atoms with Gasteiger partial charge in [-0.15, -0.1) is 0 Å². The smallest absolute Gasteiger partial charge is 0.191 e. The van der Waals surface area contributed by atoms with Crippen molar-refractivity contribution in [3.63, 3.8) is 0 Å². The number of guanidine groups is 1. The molecule has 0 bridgehead atoms. The summed E-state index contributed by atoms with van der Waals surface area (Å²) < 4.78 is 36.9. The Labute approximate surface area is 152 Å². The molecule has 6 nitrogen and oxygen atoms in total. The van der Waals surface area contributed by atoms with Gasteiger partial charge in [-0.2, -0.15) is 0 Å². The second-order valence-corrected chi connectivity index (χ2v) is 6.32. The average Bonchev–Trinajstić information content (AvgIpc) is 3.08. The third-order valence-electron chi connectivity index (χ3n) is 4.30. The van der Waals surface area contributed by atoms with Crippen LogP contribution in [0, 0.1) is 17.0 Å². The van der Waals surface area contributed by atoms with Gasteiger partial charge in [0.2, 0.25) is 0 Å². The van der Waals surface area contributed by atoms with Crippen LogP contribution in [0.3, 0.4) is 0 Å². The van der Waals surface area contributed by atoms with Crippen LogP contribution in [0.4, 0.5) is 8.78 Å². The largest absolute Gasteiger partial charge is 0.492 e. The fraction of sp³-hybridized carbons (Fsp3) is 0.611. The van der Waals surface area contributed by atoms with Gasteiger partial charge in [0.15, 0.2) is 17.6 Å². The summed E-state index contributed by atoms with van der Waals surface area (Å²) in [6.45, 7) is 5.39. The highest BCUT2D eigenvalue weighted by molar-refractivity contribution is 5.79. The molecule has 26 heavy (non-hydrogen) atoms. The van der Waals surface area contributed by atoms with E-state index in [0.29, 0.717) is 45.2 Å². The SMILES string of the molecule is CCNC(=NCC1(CCO)CCOC1)NCCOc1ccc(F)c(F)c1. The topological polar surface area (TPSA) is 75.1 Å². The number of aliphatic imine (C=N–C) groups is 1. The third-order valence-corrected chi connectivity index (χ3v) is 4.30. The Morgan fingerprint density at radius 2 is 2.19 bits per heavy atom. The van der Waals surface area contributed by atoms with E-state index in [9.17, 15) is 13.9 Å². The number of hydrogen-bond donors (Lipinski definition) is 3. The van der Waals surface area contributed by atoms with Gasteiger partial charge >= 0.3 is 0 Å². The minimum Gasteiger partial charge on any atom is -0.492 e. The molecule has 1 aliphatic heterocycles. The average molecular weight is 371 g/mol. The minimum atomic E-state index is -0.932. The van der Waals surface area contributed by atoms with Crippen LogP contribution < -0.4 is 15.4 Å². The molecule has 0 radical (unpaired) electrons. The number of rotatable bonds is 9. The Kier molecular flexibility index (Phi) is 8.06. The maximum Gasteiger partial charge on any atom is 0.191 e. The Bertz CT molecular complexity index is 593. The molecule has 1 atom stereocenters. The molecule has 1 heterocycles. The molecule has 0 saturated carbocycles. The van der Waals surface area contributed by atoms with Gasteiger partial charge in [0.1, 0.15) is 12.4 Å². The van der Waals surface area contributed by atoms with E-state index in [1.165, 1.54) is 6.07 Å². The van der Waals surface area contributed by atoms with Crippen LogP contribution >= 0.6 is 0 Å². The molecule has 1 aromatic carbocycles. The highest BCUT2D eigenvalue weighted by Crippen LogP contribution is 2.32. The van der Waals surface area contributed by atoms with Crippen LogP contribution in [0.15, 0.2) is 23.2 Å². The first-order valence-electron chi connectivity index (χ1n) is 8.87. The van der Waals surface area contributed by atoms with Crippen LogP contribution in [0.1, 0.15) is 19.8 Å². The second-order valence-electron chi connectivity index (χ2n) is 6.32. The molecular formula is C18H27F2N3O3. The van der Waals surface area contributed by atoms with E-state index in [-0.39, 0.29) is 24.4 Å². The number of halogens is 2. The van der Waals surface area contributed by atoms with Gasteiger partial charge in [0.05, 0.1) is 19.7 Å². The summed E-state index contributed by atoms with van der Waals surface area (Å²) in [5.41, 5.74) is -0.112. The highest BCUT2D eigenvalue weighted by atomic mass is 19.2. The minimum absolute atomic E-state index is 0.112. The molecule has 0 aromatic heterocycles. The lowest BCUT2D eigenvalue weighted by Gasteiger charge is -2.24. The van der Waals surface area contributed by atoms with Crippen LogP contribution in [0.2, 0.25) is 0 Å². The van der Waals surface area contributed by atoms with Crippen LogP contribution in [0.25, 0.3) is 0 Å². The normalized spacial score (nSPS) is 20.2. The number of aliphatic hydroxyl groups is 1. The fourth-order valence-electron chi connectivity index (χ4n) is 2.78. The molecule has 1 fully saturated rings. The molecule has 0 amide bonds. The van der Waals surface area contributed by atoms with E-state index in [4.69, 9.17) is 9.47 Å². The molecule has 0 aliphatic carbocycles. The first kappa shape index (κ1) is 20.4. The van der Waals surface area contributed by atoms with Gasteiger partial charge < -0.3 is 25.2 Å². The Balaban J connectivity index is 1.82. The Morgan fingerprint density at radius 1 is 1.35 bits per heavy atom. The summed E-state index contributed by atoms with van der Waals surface area (Å²) >= 11 is 0. The number of nitrogens with one attached hydrogen (secondary N) is 2. The van der Waals surface area contributed by atoms with Crippen molar-refractivity contribution in [2.24, 2.45) is 10.4 Å². The van der Waals surface area contributed by atoms with Gasteiger partial charge in [0.25, 0.3) is 0 Å². The van der Waals surface area contributed by atoms with E-state index in [1.807, 2.05) is 6.92 Å². The van der Waals surface area contributed by atoms with Crippen LogP contribution in [-0.2, 0) is 4.74 Å². The molecule has 1 aliphatic rings. The molecule has 1 unspecified atom stereocenters. The number of aliphatic hydroxyl groups excluding tert-OH is 1. The predicted molar refractivity (Wildman–Crippen MR) is 95.4 cm³/mol. The van der Waals surface area contributed by atoms with Gasteiger partial charge in [-0.3, -0.25) is 4.99 Å². The third kappa shape index (κ3) is 6.10. The quantitative estimate of drug-likeness (QED) is 0.350. The Hall–Kier alpha value is -1.93. The van der Waals surface area contributed by atoms with Crippen molar-refractivity contribution in [2.75, 3.05) is 46.1 Å². The van der Waals surface area contributed by atoms with E-state index in [1.54, 1.807) is 0 Å². The van der Waals surface area contributed by atoms with Crippen molar-refractivity contribution in [1.82, 2.24) is 10.6 Å². The van der Waals surface area contributed by atoms with Gasteiger partial charge in [-0.25, -0.2) is 8.78 Å². The van der Waals surface area contributed by atoms with Crippen molar-refractivity contribution in [2.45, 2.75) is 19.8 Å².